The van der Waals surface area contributed by atoms with Crippen molar-refractivity contribution in [2.45, 2.75) is 0 Å². The Morgan fingerprint density at radius 3 is 1.60 bits per heavy atom. The molecule has 0 aliphatic rings. The molecule has 0 saturated carbocycles. The molecule has 0 radical (unpaired) electrons. The Morgan fingerprint density at radius 1 is 0.396 bits per heavy atom. The van der Waals surface area contributed by atoms with Crippen molar-refractivity contribution in [2.75, 3.05) is 0 Å². The number of fused-ring (bicyclic) bond motifs is 9. The van der Waals surface area contributed by atoms with Crippen molar-refractivity contribution < 1.29 is 0 Å². The Balaban J connectivity index is 1.13. The Hall–Kier alpha value is -7.38. The molecular weight excluding hydrogens is 653 g/mol. The molecule has 0 amide bonds. The van der Waals surface area contributed by atoms with Crippen molar-refractivity contribution in [3.8, 4) is 34.0 Å². The molecule has 0 bridgehead atoms. The average molecular weight is 681 g/mol. The molecule has 11 aromatic rings. The molecule has 4 aromatic heterocycles. The van der Waals surface area contributed by atoms with Crippen LogP contribution in [-0.2, 0) is 0 Å². The van der Waals surface area contributed by atoms with Gasteiger partial charge in [-0.3, -0.25) is 4.57 Å². The summed E-state index contributed by atoms with van der Waals surface area (Å²) in [6.07, 6.45) is 0. The summed E-state index contributed by atoms with van der Waals surface area (Å²) in [4.78, 5) is 28.8. The van der Waals surface area contributed by atoms with Crippen LogP contribution in [0.15, 0.2) is 175 Å². The lowest BCUT2D eigenvalue weighted by Gasteiger charge is -2.12. The van der Waals surface area contributed by atoms with E-state index in [4.69, 9.17) is 9.97 Å². The van der Waals surface area contributed by atoms with E-state index >= 15 is 0 Å². The first kappa shape index (κ1) is 29.4. The fourth-order valence-electron chi connectivity index (χ4n) is 7.96. The van der Waals surface area contributed by atoms with Gasteiger partial charge >= 0.3 is 5.69 Å². The zero-order valence-corrected chi connectivity index (χ0v) is 28.3. The largest absolute Gasteiger partial charge is 0.357 e. The maximum Gasteiger partial charge on any atom is 0.357 e. The van der Waals surface area contributed by atoms with Gasteiger partial charge in [-0.25, -0.2) is 14.2 Å². The van der Waals surface area contributed by atoms with Gasteiger partial charge in [0.2, 0.25) is 5.95 Å². The lowest BCUT2D eigenvalue weighted by atomic mass is 10.0. The van der Waals surface area contributed by atoms with Gasteiger partial charge in [-0.1, -0.05) is 109 Å². The first-order valence-electron chi connectivity index (χ1n) is 17.6. The van der Waals surface area contributed by atoms with Crippen molar-refractivity contribution >= 4 is 60.3 Å². The van der Waals surface area contributed by atoms with E-state index in [1.165, 1.54) is 16.3 Å². The van der Waals surface area contributed by atoms with Crippen LogP contribution in [-0.4, -0.2) is 28.5 Å². The van der Waals surface area contributed by atoms with Gasteiger partial charge in [-0.2, -0.15) is 9.97 Å². The highest BCUT2D eigenvalue weighted by Crippen LogP contribution is 2.38. The third-order valence-corrected chi connectivity index (χ3v) is 10.3. The molecule has 7 heteroatoms. The SMILES string of the molecule is O=c1nc(-n2c3ccccc3c3cc(-c4ccc5c(c4)c4ccccc4n5-c4ccccc4)ccc32)nc2c(-c3ccccc3)nc3ccccc3n12. The molecule has 53 heavy (non-hydrogen) atoms. The summed E-state index contributed by atoms with van der Waals surface area (Å²) in [6, 6.07) is 58.0. The minimum atomic E-state index is -0.411. The van der Waals surface area contributed by atoms with Crippen LogP contribution in [0.25, 0.3) is 94.3 Å². The molecule has 0 N–H and O–H groups in total. The minimum absolute atomic E-state index is 0.304. The quantitative estimate of drug-likeness (QED) is 0.174. The molecule has 248 valence electrons. The number of hydrogen-bond acceptors (Lipinski definition) is 4. The molecule has 0 unspecified atom stereocenters. The molecule has 11 rings (SSSR count). The minimum Gasteiger partial charge on any atom is -0.309 e. The number of para-hydroxylation sites is 5. The Kier molecular flexibility index (Phi) is 6.27. The molecule has 0 saturated heterocycles. The molecule has 0 atom stereocenters. The van der Waals surface area contributed by atoms with Crippen LogP contribution in [0, 0.1) is 0 Å². The Morgan fingerprint density at radius 2 is 0.925 bits per heavy atom. The predicted molar refractivity (Wildman–Crippen MR) is 214 cm³/mol. The zero-order chi connectivity index (χ0) is 35.0. The molecule has 7 aromatic carbocycles. The first-order valence-corrected chi connectivity index (χ1v) is 17.6. The highest BCUT2D eigenvalue weighted by atomic mass is 16.1. The van der Waals surface area contributed by atoms with E-state index in [0.717, 1.165) is 49.7 Å². The monoisotopic (exact) mass is 680 g/mol. The van der Waals surface area contributed by atoms with Gasteiger partial charge in [0.05, 0.1) is 33.1 Å². The van der Waals surface area contributed by atoms with E-state index in [1.54, 1.807) is 4.40 Å². The van der Waals surface area contributed by atoms with Gasteiger partial charge in [0.1, 0.15) is 5.69 Å². The van der Waals surface area contributed by atoms with Gasteiger partial charge in [0, 0.05) is 32.8 Å². The van der Waals surface area contributed by atoms with Crippen molar-refractivity contribution in [2.24, 2.45) is 0 Å². The highest BCUT2D eigenvalue weighted by molar-refractivity contribution is 6.12. The van der Waals surface area contributed by atoms with E-state index in [0.29, 0.717) is 28.3 Å². The second-order valence-electron chi connectivity index (χ2n) is 13.3. The molecule has 0 spiro atoms. The maximum absolute atomic E-state index is 14.1. The van der Waals surface area contributed by atoms with E-state index in [-0.39, 0.29) is 0 Å². The lowest BCUT2D eigenvalue weighted by Crippen LogP contribution is -2.23. The smallest absolute Gasteiger partial charge is 0.309 e. The van der Waals surface area contributed by atoms with Crippen LogP contribution in [0.2, 0.25) is 0 Å². The van der Waals surface area contributed by atoms with Crippen molar-refractivity contribution in [1.29, 1.82) is 0 Å². The zero-order valence-electron chi connectivity index (χ0n) is 28.3. The number of nitrogens with zero attached hydrogens (tertiary/aromatic N) is 6. The topological polar surface area (TPSA) is 70.0 Å². The van der Waals surface area contributed by atoms with Gasteiger partial charge in [-0.05, 0) is 71.8 Å². The number of benzene rings is 7. The van der Waals surface area contributed by atoms with Gasteiger partial charge in [0.15, 0.2) is 5.65 Å². The van der Waals surface area contributed by atoms with Gasteiger partial charge < -0.3 is 4.57 Å². The average Bonchev–Trinajstić information content (AvgIpc) is 3.73. The molecule has 4 heterocycles. The Labute approximate surface area is 302 Å². The summed E-state index contributed by atoms with van der Waals surface area (Å²) < 4.78 is 5.90. The number of aromatic nitrogens is 6. The molecule has 0 fully saturated rings. The van der Waals surface area contributed by atoms with E-state index in [2.05, 4.69) is 107 Å². The Bertz CT molecular complexity index is 3310. The second-order valence-corrected chi connectivity index (χ2v) is 13.3. The van der Waals surface area contributed by atoms with Crippen LogP contribution in [0.3, 0.4) is 0 Å². The van der Waals surface area contributed by atoms with Crippen LogP contribution in [0.1, 0.15) is 0 Å². The predicted octanol–water partition coefficient (Wildman–Crippen LogP) is 10.2. The fraction of sp³-hybridized carbons (Fsp3) is 0. The van der Waals surface area contributed by atoms with Crippen molar-refractivity contribution in [1.82, 2.24) is 28.5 Å². The second kappa shape index (κ2) is 11.3. The summed E-state index contributed by atoms with van der Waals surface area (Å²) in [5.74, 6) is 0.304. The molecular formula is C46H28N6O. The van der Waals surface area contributed by atoms with E-state index in [1.807, 2.05) is 77.4 Å². The third-order valence-electron chi connectivity index (χ3n) is 10.3. The van der Waals surface area contributed by atoms with E-state index in [9.17, 15) is 4.79 Å². The molecule has 0 aliphatic carbocycles. The van der Waals surface area contributed by atoms with Crippen molar-refractivity contribution in [3.63, 3.8) is 0 Å². The molecule has 0 aliphatic heterocycles. The van der Waals surface area contributed by atoms with Gasteiger partial charge in [0.25, 0.3) is 0 Å². The normalized spacial score (nSPS) is 11.8. The lowest BCUT2D eigenvalue weighted by molar-refractivity contribution is 0.899. The van der Waals surface area contributed by atoms with Crippen LogP contribution in [0.5, 0.6) is 0 Å². The summed E-state index contributed by atoms with van der Waals surface area (Å²) in [6.45, 7) is 0. The summed E-state index contributed by atoms with van der Waals surface area (Å²) in [7, 11) is 0. The highest BCUT2D eigenvalue weighted by Gasteiger charge is 2.20. The van der Waals surface area contributed by atoms with Gasteiger partial charge in [-0.15, -0.1) is 0 Å². The van der Waals surface area contributed by atoms with Crippen molar-refractivity contribution in [3.05, 3.63) is 180 Å². The van der Waals surface area contributed by atoms with Crippen LogP contribution in [0.4, 0.5) is 0 Å². The first-order chi connectivity index (χ1) is 26.2. The van der Waals surface area contributed by atoms with Crippen LogP contribution < -0.4 is 5.69 Å². The number of hydrogen-bond donors (Lipinski definition) is 0. The van der Waals surface area contributed by atoms with E-state index < -0.39 is 5.69 Å². The standard InChI is InChI=1S/C46H28N6O/c53-46-49-45(48-44-43(29-13-3-1-4-14-29)47-37-19-9-12-22-42(37)52(44)46)51-39-21-11-8-18-34(39)36-28-31(24-26-41(36)51)30-23-25-40-35(27-30)33-17-7-10-20-38(33)50(40)32-15-5-2-6-16-32/h1-28H. The summed E-state index contributed by atoms with van der Waals surface area (Å²) in [5, 5.41) is 4.51. The maximum atomic E-state index is 14.1. The third kappa shape index (κ3) is 4.41. The van der Waals surface area contributed by atoms with Crippen LogP contribution >= 0.6 is 0 Å². The number of rotatable bonds is 4. The summed E-state index contributed by atoms with van der Waals surface area (Å²) in [5.41, 5.74) is 10.4. The molecule has 7 nitrogen and oxygen atoms in total. The summed E-state index contributed by atoms with van der Waals surface area (Å²) >= 11 is 0. The fourth-order valence-corrected chi connectivity index (χ4v) is 7.96.